The molecule has 17 heteroatoms. The summed E-state index contributed by atoms with van der Waals surface area (Å²) in [5.74, 6) is 0. The quantitative estimate of drug-likeness (QED) is 0.0652. The van der Waals surface area contributed by atoms with Gasteiger partial charge in [-0.15, -0.1) is 0 Å². The van der Waals surface area contributed by atoms with Gasteiger partial charge in [-0.25, -0.2) is 0 Å². The molecule has 3 heterocycles. The number of hydrogen-bond donors (Lipinski definition) is 9. The third-order valence-electron chi connectivity index (χ3n) is 7.32. The molecule has 42 heavy (non-hydrogen) atoms. The summed E-state index contributed by atoms with van der Waals surface area (Å²) in [7, 11) is 3.39. The number of aliphatic hydroxyl groups is 9. The summed E-state index contributed by atoms with van der Waals surface area (Å²) in [6.45, 7) is 0.758. The van der Waals surface area contributed by atoms with E-state index >= 15 is 0 Å². The van der Waals surface area contributed by atoms with Crippen LogP contribution >= 0.6 is 0 Å². The van der Waals surface area contributed by atoms with Gasteiger partial charge in [0.25, 0.3) is 0 Å². The van der Waals surface area contributed by atoms with E-state index in [2.05, 4.69) is 0 Å². The molecule has 3 aliphatic rings. The number of ether oxygens (including phenoxy) is 7. The average Bonchev–Trinajstić information content (AvgIpc) is 2.96. The van der Waals surface area contributed by atoms with Crippen molar-refractivity contribution in [1.29, 1.82) is 0 Å². The first-order valence-electron chi connectivity index (χ1n) is 14.0. The highest BCUT2D eigenvalue weighted by Gasteiger charge is 2.53. The summed E-state index contributed by atoms with van der Waals surface area (Å²) in [5.41, 5.74) is 0. The first-order valence-corrected chi connectivity index (χ1v) is 14.0. The third-order valence-corrected chi connectivity index (χ3v) is 7.32. The lowest BCUT2D eigenvalue weighted by atomic mass is 9.96. The van der Waals surface area contributed by atoms with Crippen LogP contribution in [0.3, 0.4) is 0 Å². The summed E-state index contributed by atoms with van der Waals surface area (Å²) in [5, 5.41) is 94.3. The number of unbranched alkanes of at least 4 members (excludes halogenated alkanes) is 1. The SMILES string of the molecule is CCCCOCC1OC(OC2C(O)C(CO)OC(OC3C(O)C(CO)OC(OCN(C)C)C3O)C2O)C(O)C(O)C1O. The first-order chi connectivity index (χ1) is 19.9. The molecule has 0 aromatic rings. The van der Waals surface area contributed by atoms with Crippen molar-refractivity contribution in [2.75, 3.05) is 47.3 Å². The van der Waals surface area contributed by atoms with Gasteiger partial charge in [-0.1, -0.05) is 13.3 Å². The Morgan fingerprint density at radius 3 is 1.64 bits per heavy atom. The fourth-order valence-corrected chi connectivity index (χ4v) is 4.82. The molecule has 3 aliphatic heterocycles. The molecule has 0 amide bonds. The Morgan fingerprint density at radius 1 is 0.619 bits per heavy atom. The molecule has 3 saturated heterocycles. The molecule has 0 spiro atoms. The Labute approximate surface area is 243 Å². The van der Waals surface area contributed by atoms with Gasteiger partial charge < -0.3 is 79.1 Å². The van der Waals surface area contributed by atoms with Crippen LogP contribution in [-0.4, -0.2) is 190 Å². The van der Waals surface area contributed by atoms with E-state index in [1.165, 1.54) is 0 Å². The van der Waals surface area contributed by atoms with Crippen LogP contribution in [0, 0.1) is 0 Å². The van der Waals surface area contributed by atoms with Crippen molar-refractivity contribution in [1.82, 2.24) is 4.90 Å². The standard InChI is InChI=1S/C25H47NO16/c1-4-5-6-36-9-13-14(29)17(32)18(33)24(40-13)41-22-16(31)12(8-28)39-25(20(22)35)42-21-15(30)11(7-27)38-23(19(21)34)37-10-26(2)3/h11-25,27-35H,4-10H2,1-3H3. The van der Waals surface area contributed by atoms with E-state index in [-0.39, 0.29) is 13.3 Å². The Morgan fingerprint density at radius 2 is 1.12 bits per heavy atom. The minimum Gasteiger partial charge on any atom is -0.394 e. The van der Waals surface area contributed by atoms with Gasteiger partial charge in [0.2, 0.25) is 0 Å². The minimum atomic E-state index is -1.86. The molecule has 248 valence electrons. The minimum absolute atomic E-state index is 0.00877. The zero-order valence-electron chi connectivity index (χ0n) is 23.9. The predicted molar refractivity (Wildman–Crippen MR) is 137 cm³/mol. The van der Waals surface area contributed by atoms with E-state index < -0.39 is 105 Å². The maximum atomic E-state index is 11.1. The van der Waals surface area contributed by atoms with Gasteiger partial charge in [-0.05, 0) is 20.5 Å². The van der Waals surface area contributed by atoms with Crippen molar-refractivity contribution in [3.8, 4) is 0 Å². The summed E-state index contributed by atoms with van der Waals surface area (Å²) in [6, 6.07) is 0. The normalized spacial score (nSPS) is 44.9. The highest BCUT2D eigenvalue weighted by molar-refractivity contribution is 4.96. The highest BCUT2D eigenvalue weighted by Crippen LogP contribution is 2.32. The van der Waals surface area contributed by atoms with E-state index in [0.29, 0.717) is 6.61 Å². The van der Waals surface area contributed by atoms with Crippen molar-refractivity contribution in [2.24, 2.45) is 0 Å². The lowest BCUT2D eigenvalue weighted by molar-refractivity contribution is -0.382. The zero-order chi connectivity index (χ0) is 31.1. The summed E-state index contributed by atoms with van der Waals surface area (Å²) >= 11 is 0. The molecular formula is C25H47NO16. The van der Waals surface area contributed by atoms with E-state index in [9.17, 15) is 46.0 Å². The van der Waals surface area contributed by atoms with Crippen molar-refractivity contribution in [2.45, 2.75) is 112 Å². The monoisotopic (exact) mass is 617 g/mol. The number of nitrogens with zero attached hydrogens (tertiary/aromatic N) is 1. The molecule has 0 aromatic heterocycles. The Hall–Kier alpha value is -0.680. The zero-order valence-corrected chi connectivity index (χ0v) is 23.9. The summed E-state index contributed by atoms with van der Waals surface area (Å²) in [6.07, 6.45) is -22.0. The van der Waals surface area contributed by atoms with E-state index in [4.69, 9.17) is 33.2 Å². The molecule has 0 saturated carbocycles. The number of hydrogen-bond acceptors (Lipinski definition) is 17. The Balaban J connectivity index is 1.75. The van der Waals surface area contributed by atoms with Crippen LogP contribution in [0.15, 0.2) is 0 Å². The highest BCUT2D eigenvalue weighted by atomic mass is 16.8. The van der Waals surface area contributed by atoms with Gasteiger partial charge in [0.1, 0.15) is 80.0 Å². The molecule has 9 N–H and O–H groups in total. The molecule has 15 atom stereocenters. The Bertz CT molecular complexity index is 783. The van der Waals surface area contributed by atoms with Gasteiger partial charge in [0.05, 0.1) is 19.8 Å². The third kappa shape index (κ3) is 8.52. The molecule has 3 fully saturated rings. The van der Waals surface area contributed by atoms with Gasteiger partial charge >= 0.3 is 0 Å². The fraction of sp³-hybridized carbons (Fsp3) is 1.00. The second-order valence-electron chi connectivity index (χ2n) is 10.9. The molecule has 0 aromatic carbocycles. The molecular weight excluding hydrogens is 570 g/mol. The largest absolute Gasteiger partial charge is 0.394 e. The molecule has 0 aliphatic carbocycles. The van der Waals surface area contributed by atoms with Crippen molar-refractivity contribution in [3.63, 3.8) is 0 Å². The molecule has 17 nitrogen and oxygen atoms in total. The number of rotatable bonds is 14. The lowest BCUT2D eigenvalue weighted by Gasteiger charge is -2.48. The molecule has 0 radical (unpaired) electrons. The van der Waals surface area contributed by atoms with Gasteiger partial charge in [0.15, 0.2) is 18.9 Å². The van der Waals surface area contributed by atoms with Gasteiger partial charge in [0, 0.05) is 6.61 Å². The van der Waals surface area contributed by atoms with Crippen LogP contribution in [0.5, 0.6) is 0 Å². The van der Waals surface area contributed by atoms with Crippen LogP contribution in [0.1, 0.15) is 19.8 Å². The second-order valence-corrected chi connectivity index (χ2v) is 10.9. The topological polar surface area (TPSA) is 250 Å². The second kappa shape index (κ2) is 16.6. The van der Waals surface area contributed by atoms with Crippen LogP contribution in [0.2, 0.25) is 0 Å². The first kappa shape index (κ1) is 35.8. The average molecular weight is 618 g/mol. The van der Waals surface area contributed by atoms with Crippen molar-refractivity contribution in [3.05, 3.63) is 0 Å². The van der Waals surface area contributed by atoms with Crippen LogP contribution in [-0.2, 0) is 33.2 Å². The van der Waals surface area contributed by atoms with Crippen molar-refractivity contribution < 1.29 is 79.1 Å². The van der Waals surface area contributed by atoms with Crippen molar-refractivity contribution >= 4 is 0 Å². The Kier molecular flexibility index (Phi) is 14.1. The van der Waals surface area contributed by atoms with E-state index in [0.717, 1.165) is 12.8 Å². The number of aliphatic hydroxyl groups excluding tert-OH is 9. The van der Waals surface area contributed by atoms with Crippen LogP contribution in [0.25, 0.3) is 0 Å². The van der Waals surface area contributed by atoms with Crippen LogP contribution < -0.4 is 0 Å². The smallest absolute Gasteiger partial charge is 0.188 e. The van der Waals surface area contributed by atoms with Gasteiger partial charge in [-0.2, -0.15) is 0 Å². The van der Waals surface area contributed by atoms with Gasteiger partial charge in [-0.3, -0.25) is 4.90 Å². The fourth-order valence-electron chi connectivity index (χ4n) is 4.82. The predicted octanol–water partition coefficient (Wildman–Crippen LogP) is -5.21. The van der Waals surface area contributed by atoms with Crippen LogP contribution in [0.4, 0.5) is 0 Å². The summed E-state index contributed by atoms with van der Waals surface area (Å²) < 4.78 is 38.9. The maximum Gasteiger partial charge on any atom is 0.188 e. The summed E-state index contributed by atoms with van der Waals surface area (Å²) in [4.78, 5) is 1.63. The lowest BCUT2D eigenvalue weighted by Crippen LogP contribution is -2.67. The van der Waals surface area contributed by atoms with E-state index in [1.54, 1.807) is 19.0 Å². The van der Waals surface area contributed by atoms with E-state index in [1.807, 2.05) is 6.92 Å². The molecule has 15 unspecified atom stereocenters. The molecule has 0 bridgehead atoms. The maximum absolute atomic E-state index is 11.1. The molecule has 3 rings (SSSR count).